The van der Waals surface area contributed by atoms with E-state index in [1.807, 2.05) is 0 Å². The lowest BCUT2D eigenvalue weighted by atomic mass is 10.2. The van der Waals surface area contributed by atoms with Crippen LogP contribution < -0.4 is 0 Å². The first kappa shape index (κ1) is 8.71. The molecule has 12 heavy (non-hydrogen) atoms. The fourth-order valence-corrected chi connectivity index (χ4v) is 1.18. The second-order valence-electron chi connectivity index (χ2n) is 2.03. The van der Waals surface area contributed by atoms with Crippen LogP contribution in [0.2, 0.25) is 0 Å². The molecule has 0 aliphatic rings. The summed E-state index contributed by atoms with van der Waals surface area (Å²) in [5.74, 6) is -0.345. The van der Waals surface area contributed by atoms with Crippen LogP contribution in [0, 0.1) is 11.3 Å². The van der Waals surface area contributed by atoms with Crippen molar-refractivity contribution >= 4 is 11.1 Å². The number of phenolic OH excluding ortho intramolecular Hbond substituents is 1. The van der Waals surface area contributed by atoms with Gasteiger partial charge in [0.25, 0.3) is 0 Å². The standard InChI is InChI=1S/C7H5NO3S/c8-4-5-1-2-6(9)7(3-5)12(10)11/h1-3,9H,(H,10,11)/p-1. The van der Waals surface area contributed by atoms with Crippen LogP contribution in [0.15, 0.2) is 23.1 Å². The van der Waals surface area contributed by atoms with E-state index in [1.54, 1.807) is 6.07 Å². The Hall–Kier alpha value is -1.38. The van der Waals surface area contributed by atoms with Gasteiger partial charge >= 0.3 is 0 Å². The quantitative estimate of drug-likeness (QED) is 0.641. The summed E-state index contributed by atoms with van der Waals surface area (Å²) >= 11 is -2.50. The number of nitrogens with zero attached hydrogens (tertiary/aromatic N) is 1. The first-order chi connectivity index (χ1) is 5.65. The van der Waals surface area contributed by atoms with Crippen LogP contribution in [0.3, 0.4) is 0 Å². The number of benzene rings is 1. The smallest absolute Gasteiger partial charge is 0.130 e. The first-order valence-corrected chi connectivity index (χ1v) is 4.05. The maximum atomic E-state index is 10.4. The minimum Gasteiger partial charge on any atom is -0.768 e. The predicted molar refractivity (Wildman–Crippen MR) is 40.0 cm³/mol. The molecule has 5 heteroatoms. The summed E-state index contributed by atoms with van der Waals surface area (Å²) in [5.41, 5.74) is 0.201. The van der Waals surface area contributed by atoms with E-state index in [0.717, 1.165) is 6.07 Å². The lowest BCUT2D eigenvalue weighted by Gasteiger charge is -2.06. The van der Waals surface area contributed by atoms with Gasteiger partial charge < -0.3 is 9.66 Å². The van der Waals surface area contributed by atoms with Crippen LogP contribution in [0.5, 0.6) is 5.75 Å². The van der Waals surface area contributed by atoms with Gasteiger partial charge in [0.15, 0.2) is 0 Å². The second kappa shape index (κ2) is 3.34. The Kier molecular flexibility index (Phi) is 2.43. The highest BCUT2D eigenvalue weighted by molar-refractivity contribution is 7.79. The van der Waals surface area contributed by atoms with Crippen molar-refractivity contribution in [1.29, 1.82) is 5.26 Å². The third-order valence-electron chi connectivity index (χ3n) is 1.27. The molecule has 0 aliphatic carbocycles. The van der Waals surface area contributed by atoms with E-state index in [0.29, 0.717) is 0 Å². The SMILES string of the molecule is N#Cc1ccc(O)c(S(=O)[O-])c1. The summed E-state index contributed by atoms with van der Waals surface area (Å²) in [6.45, 7) is 0. The molecular weight excluding hydrogens is 178 g/mol. The van der Waals surface area contributed by atoms with E-state index < -0.39 is 11.1 Å². The maximum absolute atomic E-state index is 10.4. The number of aromatic hydroxyl groups is 1. The first-order valence-electron chi connectivity index (χ1n) is 2.97. The van der Waals surface area contributed by atoms with E-state index in [2.05, 4.69) is 0 Å². The van der Waals surface area contributed by atoms with Crippen LogP contribution >= 0.6 is 0 Å². The van der Waals surface area contributed by atoms with Gasteiger partial charge in [-0.3, -0.25) is 4.21 Å². The molecule has 1 atom stereocenters. The van der Waals surface area contributed by atoms with Gasteiger partial charge in [-0.25, -0.2) is 0 Å². The van der Waals surface area contributed by atoms with E-state index in [4.69, 9.17) is 10.4 Å². The molecule has 0 fully saturated rings. The fraction of sp³-hybridized carbons (Fsp3) is 0. The topological polar surface area (TPSA) is 84.1 Å². The van der Waals surface area contributed by atoms with E-state index in [-0.39, 0.29) is 16.2 Å². The fourth-order valence-electron chi connectivity index (χ4n) is 0.717. The Bertz CT molecular complexity index is 369. The van der Waals surface area contributed by atoms with Crippen molar-refractivity contribution in [1.82, 2.24) is 0 Å². The highest BCUT2D eigenvalue weighted by atomic mass is 32.2. The molecule has 0 aromatic heterocycles. The largest absolute Gasteiger partial charge is 0.768 e. The summed E-state index contributed by atoms with van der Waals surface area (Å²) in [5, 5.41) is 17.4. The minimum atomic E-state index is -2.50. The number of rotatable bonds is 1. The van der Waals surface area contributed by atoms with Gasteiger partial charge in [-0.05, 0) is 29.3 Å². The van der Waals surface area contributed by atoms with Crippen LogP contribution in [-0.4, -0.2) is 13.9 Å². The molecule has 1 N–H and O–H groups in total. The molecule has 0 bridgehead atoms. The number of phenols is 1. The normalized spacial score (nSPS) is 12.0. The van der Waals surface area contributed by atoms with E-state index in [9.17, 15) is 8.76 Å². The van der Waals surface area contributed by atoms with Gasteiger partial charge in [0.05, 0.1) is 16.5 Å². The van der Waals surface area contributed by atoms with Crippen molar-refractivity contribution in [3.63, 3.8) is 0 Å². The molecule has 0 radical (unpaired) electrons. The highest BCUT2D eigenvalue weighted by Gasteiger charge is 2.01. The van der Waals surface area contributed by atoms with Crippen molar-refractivity contribution < 1.29 is 13.9 Å². The van der Waals surface area contributed by atoms with Crippen molar-refractivity contribution in [2.75, 3.05) is 0 Å². The zero-order chi connectivity index (χ0) is 9.14. The summed E-state index contributed by atoms with van der Waals surface area (Å²) in [7, 11) is 0. The zero-order valence-corrected chi connectivity index (χ0v) is 6.67. The lowest BCUT2D eigenvalue weighted by molar-refractivity contribution is 0.455. The Morgan fingerprint density at radius 1 is 1.58 bits per heavy atom. The van der Waals surface area contributed by atoms with Gasteiger partial charge in [0.1, 0.15) is 5.75 Å². The third-order valence-corrected chi connectivity index (χ3v) is 1.95. The van der Waals surface area contributed by atoms with Gasteiger partial charge in [0.2, 0.25) is 0 Å². The average Bonchev–Trinajstić information content (AvgIpc) is 2.05. The molecular formula is C7H4NO3S-. The predicted octanol–water partition coefficient (Wildman–Crippen LogP) is 0.502. The van der Waals surface area contributed by atoms with Crippen LogP contribution in [0.25, 0.3) is 0 Å². The number of hydrogen-bond donors (Lipinski definition) is 1. The molecule has 0 saturated heterocycles. The minimum absolute atomic E-state index is 0.201. The number of hydrogen-bond acceptors (Lipinski definition) is 4. The summed E-state index contributed by atoms with van der Waals surface area (Å²) in [6, 6.07) is 5.38. The van der Waals surface area contributed by atoms with Crippen molar-refractivity contribution in [3.05, 3.63) is 23.8 Å². The average molecular weight is 182 g/mol. The van der Waals surface area contributed by atoms with Gasteiger partial charge in [-0.15, -0.1) is 0 Å². The van der Waals surface area contributed by atoms with Gasteiger partial charge in [0, 0.05) is 0 Å². The van der Waals surface area contributed by atoms with Crippen molar-refractivity contribution in [2.24, 2.45) is 0 Å². The molecule has 0 aliphatic heterocycles. The Labute approximate surface area is 71.4 Å². The monoisotopic (exact) mass is 182 g/mol. The van der Waals surface area contributed by atoms with Crippen LogP contribution in [0.4, 0.5) is 0 Å². The van der Waals surface area contributed by atoms with Gasteiger partial charge in [-0.2, -0.15) is 5.26 Å². The van der Waals surface area contributed by atoms with E-state index >= 15 is 0 Å². The Morgan fingerprint density at radius 3 is 2.75 bits per heavy atom. The molecule has 0 heterocycles. The van der Waals surface area contributed by atoms with Gasteiger partial charge in [-0.1, -0.05) is 0 Å². The molecule has 0 spiro atoms. The maximum Gasteiger partial charge on any atom is 0.130 e. The second-order valence-corrected chi connectivity index (χ2v) is 2.94. The molecule has 4 nitrogen and oxygen atoms in total. The Balaban J connectivity index is 3.28. The summed E-state index contributed by atoms with van der Waals surface area (Å²) in [4.78, 5) is -0.256. The zero-order valence-electron chi connectivity index (χ0n) is 5.85. The summed E-state index contributed by atoms with van der Waals surface area (Å²) < 4.78 is 20.8. The van der Waals surface area contributed by atoms with Crippen LogP contribution in [0.1, 0.15) is 5.56 Å². The third kappa shape index (κ3) is 1.61. The van der Waals surface area contributed by atoms with Crippen molar-refractivity contribution in [2.45, 2.75) is 4.90 Å². The van der Waals surface area contributed by atoms with Crippen LogP contribution in [-0.2, 0) is 11.1 Å². The number of nitriles is 1. The van der Waals surface area contributed by atoms with E-state index in [1.165, 1.54) is 12.1 Å². The molecule has 1 unspecified atom stereocenters. The molecule has 62 valence electrons. The molecule has 0 saturated carbocycles. The molecule has 0 amide bonds. The molecule has 1 rings (SSSR count). The summed E-state index contributed by atoms with van der Waals surface area (Å²) in [6.07, 6.45) is 0. The molecule has 1 aromatic rings. The lowest BCUT2D eigenvalue weighted by Crippen LogP contribution is -1.90. The Morgan fingerprint density at radius 2 is 2.25 bits per heavy atom. The molecule has 1 aromatic carbocycles. The van der Waals surface area contributed by atoms with Crippen molar-refractivity contribution in [3.8, 4) is 11.8 Å². The highest BCUT2D eigenvalue weighted by Crippen LogP contribution is 2.20.